The van der Waals surface area contributed by atoms with Gasteiger partial charge in [-0.3, -0.25) is 0 Å². The van der Waals surface area contributed by atoms with Crippen LogP contribution in [0.2, 0.25) is 0 Å². The first-order chi connectivity index (χ1) is 6.22. The minimum absolute atomic E-state index is 0.225. The summed E-state index contributed by atoms with van der Waals surface area (Å²) in [5.74, 6) is 0.906. The van der Waals surface area contributed by atoms with Crippen molar-refractivity contribution in [1.82, 2.24) is 0 Å². The Bertz CT molecular complexity index is 264. The molecule has 69 valence electrons. The van der Waals surface area contributed by atoms with Gasteiger partial charge in [0.1, 0.15) is 5.75 Å². The lowest BCUT2D eigenvalue weighted by atomic mass is 10.2. The average molecular weight is 193 g/mol. The van der Waals surface area contributed by atoms with E-state index in [0.29, 0.717) is 0 Å². The molecule has 13 heavy (non-hydrogen) atoms. The number of ether oxygens (including phenoxy) is 1. The summed E-state index contributed by atoms with van der Waals surface area (Å²) < 4.78 is 5.50. The Balaban J connectivity index is 2.63. The Kier molecular flexibility index (Phi) is 3.90. The van der Waals surface area contributed by atoms with Gasteiger partial charge in [0, 0.05) is 11.8 Å². The maximum atomic E-state index is 5.50. The summed E-state index contributed by atoms with van der Waals surface area (Å²) in [7, 11) is 0. The molecule has 0 heterocycles. The van der Waals surface area contributed by atoms with Crippen molar-refractivity contribution >= 4 is 17.6 Å². The van der Waals surface area contributed by atoms with Crippen molar-refractivity contribution in [2.75, 3.05) is 0 Å². The Hall–Kier alpha value is -0.890. The van der Waals surface area contributed by atoms with Gasteiger partial charge in [0.25, 0.3) is 0 Å². The zero-order chi connectivity index (χ0) is 9.68. The Morgan fingerprint density at radius 2 is 1.92 bits per heavy atom. The molecule has 0 aromatic heterocycles. The van der Waals surface area contributed by atoms with Crippen LogP contribution in [0.5, 0.6) is 5.75 Å². The Morgan fingerprint density at radius 3 is 2.38 bits per heavy atom. The fourth-order valence-electron chi connectivity index (χ4n) is 1.04. The normalized spacial score (nSPS) is 10.1. The molecule has 0 unspecified atom stereocenters. The molecule has 0 fully saturated rings. The maximum absolute atomic E-state index is 5.50. The smallest absolute Gasteiger partial charge is 0.119 e. The number of thiocarbonyl (C=S) groups is 1. The predicted octanol–water partition coefficient (Wildman–Crippen LogP) is 2.89. The molecule has 0 bridgehead atoms. The van der Waals surface area contributed by atoms with Crippen molar-refractivity contribution in [3.63, 3.8) is 0 Å². The van der Waals surface area contributed by atoms with Gasteiger partial charge in [-0.2, -0.15) is 0 Å². The lowest BCUT2D eigenvalue weighted by Crippen LogP contribution is -2.05. The highest BCUT2D eigenvalue weighted by Gasteiger charge is 1.96. The molecular formula is C11H13OS. The summed E-state index contributed by atoms with van der Waals surface area (Å²) in [4.78, 5) is 0. The van der Waals surface area contributed by atoms with Crippen LogP contribution in [0.15, 0.2) is 24.3 Å². The average Bonchev–Trinajstić information content (AvgIpc) is 2.08. The lowest BCUT2D eigenvalue weighted by Gasteiger charge is -2.09. The zero-order valence-corrected chi connectivity index (χ0v) is 8.73. The quantitative estimate of drug-likeness (QED) is 0.680. The minimum Gasteiger partial charge on any atom is -0.491 e. The summed E-state index contributed by atoms with van der Waals surface area (Å²) in [6, 6.07) is 7.94. The number of rotatable bonds is 4. The van der Waals surface area contributed by atoms with E-state index in [9.17, 15) is 0 Å². The summed E-state index contributed by atoms with van der Waals surface area (Å²) in [5.41, 5.74) is 1.17. The summed E-state index contributed by atoms with van der Waals surface area (Å²) >= 11 is 4.66. The topological polar surface area (TPSA) is 9.23 Å². The van der Waals surface area contributed by atoms with Crippen LogP contribution in [0.1, 0.15) is 19.4 Å². The van der Waals surface area contributed by atoms with Gasteiger partial charge >= 0.3 is 0 Å². The second-order valence-electron chi connectivity index (χ2n) is 3.13. The van der Waals surface area contributed by atoms with Gasteiger partial charge in [-0.25, -0.2) is 0 Å². The van der Waals surface area contributed by atoms with Crippen molar-refractivity contribution in [2.45, 2.75) is 26.4 Å². The highest BCUT2D eigenvalue weighted by atomic mass is 32.1. The van der Waals surface area contributed by atoms with Gasteiger partial charge in [-0.15, -0.1) is 0 Å². The van der Waals surface area contributed by atoms with Crippen molar-refractivity contribution in [1.29, 1.82) is 0 Å². The maximum Gasteiger partial charge on any atom is 0.119 e. The molecule has 0 amide bonds. The molecular weight excluding hydrogens is 180 g/mol. The molecule has 0 N–H and O–H groups in total. The summed E-state index contributed by atoms with van der Waals surface area (Å²) in [6.07, 6.45) is 0.944. The van der Waals surface area contributed by atoms with E-state index in [-0.39, 0.29) is 6.10 Å². The standard InChI is InChI=1S/C11H13OS/c1-9(2)12-11-5-3-10(4-6-11)7-8-13/h3-6,9H,7H2,1-2H3. The summed E-state index contributed by atoms with van der Waals surface area (Å²) in [5, 5.41) is 2.69. The predicted molar refractivity (Wildman–Crippen MR) is 58.5 cm³/mol. The van der Waals surface area contributed by atoms with Gasteiger partial charge in [-0.05, 0) is 31.5 Å². The molecule has 1 nitrogen and oxygen atoms in total. The van der Waals surface area contributed by atoms with E-state index < -0.39 is 0 Å². The van der Waals surface area contributed by atoms with Crippen LogP contribution in [-0.2, 0) is 6.42 Å². The Labute approximate surface area is 84.7 Å². The van der Waals surface area contributed by atoms with E-state index in [4.69, 9.17) is 4.74 Å². The van der Waals surface area contributed by atoms with Crippen LogP contribution in [0.25, 0.3) is 0 Å². The molecule has 0 saturated carbocycles. The van der Waals surface area contributed by atoms with Crippen LogP contribution in [0, 0.1) is 0 Å². The highest BCUT2D eigenvalue weighted by molar-refractivity contribution is 7.78. The van der Waals surface area contributed by atoms with Gasteiger partial charge in [0.2, 0.25) is 0 Å². The van der Waals surface area contributed by atoms with E-state index in [2.05, 4.69) is 17.6 Å². The monoisotopic (exact) mass is 193 g/mol. The van der Waals surface area contributed by atoms with Crippen LogP contribution in [0.4, 0.5) is 0 Å². The molecule has 1 radical (unpaired) electrons. The second-order valence-corrected chi connectivity index (χ2v) is 3.42. The van der Waals surface area contributed by atoms with E-state index in [0.717, 1.165) is 12.2 Å². The van der Waals surface area contributed by atoms with Crippen LogP contribution >= 0.6 is 12.2 Å². The SMILES string of the molecule is CC(C)Oc1ccc(C[C]=S)cc1. The fourth-order valence-corrected chi connectivity index (χ4v) is 1.21. The van der Waals surface area contributed by atoms with Gasteiger partial charge < -0.3 is 4.74 Å². The van der Waals surface area contributed by atoms with Crippen LogP contribution < -0.4 is 4.74 Å². The molecule has 1 rings (SSSR count). The molecule has 1 aromatic carbocycles. The summed E-state index contributed by atoms with van der Waals surface area (Å²) in [6.45, 7) is 4.03. The number of hydrogen-bond donors (Lipinski definition) is 0. The molecule has 0 aliphatic carbocycles. The number of benzene rings is 1. The lowest BCUT2D eigenvalue weighted by molar-refractivity contribution is 0.242. The fraction of sp³-hybridized carbons (Fsp3) is 0.364. The first-order valence-corrected chi connectivity index (χ1v) is 4.74. The first kappa shape index (κ1) is 10.2. The van der Waals surface area contributed by atoms with E-state index in [1.165, 1.54) is 5.56 Å². The molecule has 1 aromatic rings. The third-order valence-corrected chi connectivity index (χ3v) is 1.72. The third-order valence-electron chi connectivity index (χ3n) is 1.57. The van der Waals surface area contributed by atoms with E-state index >= 15 is 0 Å². The van der Waals surface area contributed by atoms with Crippen molar-refractivity contribution < 1.29 is 4.74 Å². The molecule has 2 heteroatoms. The molecule has 0 atom stereocenters. The highest BCUT2D eigenvalue weighted by Crippen LogP contribution is 2.13. The van der Waals surface area contributed by atoms with Gasteiger partial charge in [0.05, 0.1) is 6.10 Å². The van der Waals surface area contributed by atoms with E-state index in [1.807, 2.05) is 38.1 Å². The van der Waals surface area contributed by atoms with Crippen molar-refractivity contribution in [3.05, 3.63) is 29.8 Å². The minimum atomic E-state index is 0.225. The zero-order valence-electron chi connectivity index (χ0n) is 7.91. The van der Waals surface area contributed by atoms with Crippen LogP contribution in [0.3, 0.4) is 0 Å². The molecule has 0 aliphatic rings. The second kappa shape index (κ2) is 4.97. The molecule has 0 aliphatic heterocycles. The van der Waals surface area contributed by atoms with Crippen molar-refractivity contribution in [2.24, 2.45) is 0 Å². The van der Waals surface area contributed by atoms with Crippen molar-refractivity contribution in [3.8, 4) is 5.75 Å². The Morgan fingerprint density at radius 1 is 1.31 bits per heavy atom. The van der Waals surface area contributed by atoms with Crippen LogP contribution in [-0.4, -0.2) is 11.5 Å². The van der Waals surface area contributed by atoms with Gasteiger partial charge in [0.15, 0.2) is 0 Å². The molecule has 0 spiro atoms. The molecule has 0 saturated heterocycles. The largest absolute Gasteiger partial charge is 0.491 e. The van der Waals surface area contributed by atoms with Gasteiger partial charge in [-0.1, -0.05) is 24.4 Å². The first-order valence-electron chi connectivity index (χ1n) is 4.33. The number of hydrogen-bond acceptors (Lipinski definition) is 2. The third kappa shape index (κ3) is 3.55. The van der Waals surface area contributed by atoms with E-state index in [1.54, 1.807) is 0 Å².